The van der Waals surface area contributed by atoms with Crippen molar-refractivity contribution >= 4 is 27.6 Å². The number of nitrogens with one attached hydrogen (secondary N) is 1. The summed E-state index contributed by atoms with van der Waals surface area (Å²) < 4.78 is 32.0. The summed E-state index contributed by atoms with van der Waals surface area (Å²) in [5.41, 5.74) is 0. The average molecular weight is 334 g/mol. The number of ether oxygens (including phenoxy) is 1. The van der Waals surface area contributed by atoms with E-state index in [-0.39, 0.29) is 16.0 Å². The zero-order valence-corrected chi connectivity index (χ0v) is 12.9. The molecule has 1 saturated carbocycles. The van der Waals surface area contributed by atoms with E-state index < -0.39 is 21.9 Å². The second-order valence-corrected chi connectivity index (χ2v) is 7.08. The van der Waals surface area contributed by atoms with Crippen molar-refractivity contribution in [3.8, 4) is 5.75 Å². The number of carbonyl (C=O) groups is 1. The summed E-state index contributed by atoms with van der Waals surface area (Å²) in [6, 6.07) is 3.83. The first kappa shape index (κ1) is 16.1. The molecule has 1 aromatic rings. The van der Waals surface area contributed by atoms with Gasteiger partial charge in [-0.2, -0.15) is 0 Å². The number of halogens is 1. The molecule has 116 valence electrons. The lowest BCUT2D eigenvalue weighted by Gasteiger charge is -2.13. The van der Waals surface area contributed by atoms with E-state index in [1.165, 1.54) is 25.3 Å². The van der Waals surface area contributed by atoms with Crippen molar-refractivity contribution in [2.45, 2.75) is 30.2 Å². The summed E-state index contributed by atoms with van der Waals surface area (Å²) in [4.78, 5) is 10.9. The lowest BCUT2D eigenvalue weighted by atomic mass is 10.1. The summed E-state index contributed by atoms with van der Waals surface area (Å²) in [6.45, 7) is 0. The van der Waals surface area contributed by atoms with Crippen LogP contribution in [0.15, 0.2) is 23.1 Å². The monoisotopic (exact) mass is 333 g/mol. The summed E-state index contributed by atoms with van der Waals surface area (Å²) in [5, 5.41) is 9.14. The van der Waals surface area contributed by atoms with Gasteiger partial charge in [0.2, 0.25) is 10.0 Å². The van der Waals surface area contributed by atoms with Gasteiger partial charge < -0.3 is 9.84 Å². The van der Waals surface area contributed by atoms with E-state index >= 15 is 0 Å². The second-order valence-electron chi connectivity index (χ2n) is 4.96. The van der Waals surface area contributed by atoms with Crippen LogP contribution in [0.4, 0.5) is 0 Å². The number of carboxylic acids is 1. The van der Waals surface area contributed by atoms with Crippen LogP contribution in [0.25, 0.3) is 0 Å². The zero-order chi connectivity index (χ0) is 15.6. The molecule has 0 amide bonds. The number of benzene rings is 1. The van der Waals surface area contributed by atoms with E-state index in [9.17, 15) is 13.2 Å². The van der Waals surface area contributed by atoms with Crippen molar-refractivity contribution in [3.63, 3.8) is 0 Å². The van der Waals surface area contributed by atoms with E-state index in [0.29, 0.717) is 25.0 Å². The Morgan fingerprint density at radius 1 is 1.43 bits per heavy atom. The smallest absolute Gasteiger partial charge is 0.306 e. The van der Waals surface area contributed by atoms with E-state index in [2.05, 4.69) is 4.72 Å². The van der Waals surface area contributed by atoms with Gasteiger partial charge in [-0.15, -0.1) is 0 Å². The van der Waals surface area contributed by atoms with E-state index in [4.69, 9.17) is 21.4 Å². The fourth-order valence-corrected chi connectivity index (χ4v) is 4.05. The van der Waals surface area contributed by atoms with Gasteiger partial charge in [0.25, 0.3) is 0 Å². The molecule has 2 N–H and O–H groups in total. The van der Waals surface area contributed by atoms with Crippen molar-refractivity contribution in [1.29, 1.82) is 0 Å². The normalized spacial score (nSPS) is 22.2. The first-order valence-electron chi connectivity index (χ1n) is 6.42. The molecule has 1 fully saturated rings. The van der Waals surface area contributed by atoms with Crippen LogP contribution in [0.5, 0.6) is 5.75 Å². The molecule has 1 aliphatic rings. The van der Waals surface area contributed by atoms with Crippen LogP contribution in [0.1, 0.15) is 19.3 Å². The molecule has 1 aliphatic carbocycles. The summed E-state index contributed by atoms with van der Waals surface area (Å²) in [5.74, 6) is -0.983. The predicted molar refractivity (Wildman–Crippen MR) is 77.1 cm³/mol. The molecular formula is C13H16ClNO5S. The third-order valence-electron chi connectivity index (χ3n) is 3.54. The highest BCUT2D eigenvalue weighted by Gasteiger charge is 2.32. The molecule has 0 unspecified atom stereocenters. The SMILES string of the molecule is COc1ccc(S(=O)(=O)N[C@@H]2CC[C@H](C(=O)O)C2)cc1Cl. The number of aliphatic carboxylic acids is 1. The van der Waals surface area contributed by atoms with Crippen molar-refractivity contribution in [2.24, 2.45) is 5.92 Å². The lowest BCUT2D eigenvalue weighted by molar-refractivity contribution is -0.141. The van der Waals surface area contributed by atoms with Crippen molar-refractivity contribution in [1.82, 2.24) is 4.72 Å². The van der Waals surface area contributed by atoms with Gasteiger partial charge in [0.1, 0.15) is 5.75 Å². The Balaban J connectivity index is 2.12. The topological polar surface area (TPSA) is 92.7 Å². The van der Waals surface area contributed by atoms with E-state index in [0.717, 1.165) is 0 Å². The first-order valence-corrected chi connectivity index (χ1v) is 8.28. The molecule has 0 aliphatic heterocycles. The summed E-state index contributed by atoms with van der Waals surface area (Å²) in [7, 11) is -2.28. The first-order chi connectivity index (χ1) is 9.83. The van der Waals surface area contributed by atoms with Crippen LogP contribution in [0.3, 0.4) is 0 Å². The highest BCUT2D eigenvalue weighted by Crippen LogP contribution is 2.29. The van der Waals surface area contributed by atoms with Crippen molar-refractivity contribution in [3.05, 3.63) is 23.2 Å². The van der Waals surface area contributed by atoms with Gasteiger partial charge >= 0.3 is 5.97 Å². The fraction of sp³-hybridized carbons (Fsp3) is 0.462. The van der Waals surface area contributed by atoms with Crippen LogP contribution in [0.2, 0.25) is 5.02 Å². The number of methoxy groups -OCH3 is 1. The third kappa shape index (κ3) is 3.66. The molecule has 6 nitrogen and oxygen atoms in total. The minimum absolute atomic E-state index is 0.0343. The molecule has 0 heterocycles. The number of carboxylic acid groups (broad SMARTS) is 1. The highest BCUT2D eigenvalue weighted by molar-refractivity contribution is 7.89. The Morgan fingerprint density at radius 2 is 2.14 bits per heavy atom. The molecule has 0 aromatic heterocycles. The zero-order valence-electron chi connectivity index (χ0n) is 11.4. The Hall–Kier alpha value is -1.31. The molecule has 1 aromatic carbocycles. The fourth-order valence-electron chi connectivity index (χ4n) is 2.41. The number of rotatable bonds is 5. The van der Waals surface area contributed by atoms with E-state index in [1.807, 2.05) is 0 Å². The maximum absolute atomic E-state index is 12.3. The molecule has 21 heavy (non-hydrogen) atoms. The summed E-state index contributed by atoms with van der Waals surface area (Å²) in [6.07, 6.45) is 1.30. The molecule has 0 saturated heterocycles. The van der Waals surface area contributed by atoms with Crippen molar-refractivity contribution in [2.75, 3.05) is 7.11 Å². The van der Waals surface area contributed by atoms with Gasteiger partial charge in [-0.1, -0.05) is 11.6 Å². The van der Waals surface area contributed by atoms with Gasteiger partial charge in [0.05, 0.1) is 22.9 Å². The molecule has 0 bridgehead atoms. The molecular weight excluding hydrogens is 318 g/mol. The highest BCUT2D eigenvalue weighted by atomic mass is 35.5. The molecule has 2 rings (SSSR count). The van der Waals surface area contributed by atoms with Gasteiger partial charge in [-0.05, 0) is 37.5 Å². The van der Waals surface area contributed by atoms with Crippen LogP contribution >= 0.6 is 11.6 Å². The quantitative estimate of drug-likeness (QED) is 0.858. The van der Waals surface area contributed by atoms with Gasteiger partial charge in [-0.25, -0.2) is 13.1 Å². The standard InChI is InChI=1S/C13H16ClNO5S/c1-20-12-5-4-10(7-11(12)14)21(18,19)15-9-3-2-8(6-9)13(16)17/h4-5,7-9,15H,2-3,6H2,1H3,(H,16,17)/t8-,9+/m0/s1. The predicted octanol–water partition coefficient (Wildman–Crippen LogP) is 1.88. The van der Waals surface area contributed by atoms with Crippen molar-refractivity contribution < 1.29 is 23.1 Å². The summed E-state index contributed by atoms with van der Waals surface area (Å²) >= 11 is 5.92. The van der Waals surface area contributed by atoms with Gasteiger partial charge in [-0.3, -0.25) is 4.79 Å². The van der Waals surface area contributed by atoms with Crippen LogP contribution in [-0.2, 0) is 14.8 Å². The Morgan fingerprint density at radius 3 is 2.67 bits per heavy atom. The number of sulfonamides is 1. The Labute approximate surface area is 128 Å². The molecule has 0 spiro atoms. The van der Waals surface area contributed by atoms with Crippen LogP contribution in [0, 0.1) is 5.92 Å². The minimum Gasteiger partial charge on any atom is -0.495 e. The van der Waals surface area contributed by atoms with Gasteiger partial charge in [0, 0.05) is 6.04 Å². The molecule has 8 heteroatoms. The molecule has 0 radical (unpaired) electrons. The minimum atomic E-state index is -3.72. The van der Waals surface area contributed by atoms with E-state index in [1.54, 1.807) is 0 Å². The Kier molecular flexibility index (Phi) is 4.75. The van der Waals surface area contributed by atoms with Crippen LogP contribution < -0.4 is 9.46 Å². The second kappa shape index (κ2) is 6.21. The number of hydrogen-bond acceptors (Lipinski definition) is 4. The third-order valence-corrected chi connectivity index (χ3v) is 5.35. The largest absolute Gasteiger partial charge is 0.495 e. The maximum Gasteiger partial charge on any atom is 0.306 e. The maximum atomic E-state index is 12.3. The Bertz CT molecular complexity index is 646. The number of hydrogen-bond donors (Lipinski definition) is 2. The molecule has 2 atom stereocenters. The lowest BCUT2D eigenvalue weighted by Crippen LogP contribution is -2.33. The van der Waals surface area contributed by atoms with Gasteiger partial charge in [0.15, 0.2) is 0 Å². The average Bonchev–Trinajstić information content (AvgIpc) is 2.86. The van der Waals surface area contributed by atoms with Crippen LogP contribution in [-0.4, -0.2) is 32.6 Å².